The summed E-state index contributed by atoms with van der Waals surface area (Å²) in [5, 5.41) is 2.49. The Bertz CT molecular complexity index is 1460. The fourth-order valence-electron chi connectivity index (χ4n) is 5.43. The molecule has 0 amide bonds. The zero-order valence-corrected chi connectivity index (χ0v) is 21.9. The van der Waals surface area contributed by atoms with Crippen molar-refractivity contribution >= 4 is 33.6 Å². The molecule has 35 heavy (non-hydrogen) atoms. The topological polar surface area (TPSA) is 24.7 Å². The van der Waals surface area contributed by atoms with Crippen LogP contribution in [-0.2, 0) is 0 Å². The quantitative estimate of drug-likeness (QED) is 0.291. The van der Waals surface area contributed by atoms with Crippen molar-refractivity contribution < 1.29 is 0 Å². The van der Waals surface area contributed by atoms with Crippen LogP contribution in [0.15, 0.2) is 76.7 Å². The Morgan fingerprint density at radius 2 is 1.03 bits per heavy atom. The number of hydrogen-bond donors (Lipinski definition) is 0. The van der Waals surface area contributed by atoms with Gasteiger partial charge in [0.15, 0.2) is 0 Å². The van der Waals surface area contributed by atoms with Crippen LogP contribution in [0, 0.1) is 20.8 Å². The Morgan fingerprint density at radius 3 is 1.51 bits per heavy atom. The predicted octanol–water partition coefficient (Wildman–Crippen LogP) is 9.27. The van der Waals surface area contributed by atoms with Crippen molar-refractivity contribution in [3.63, 3.8) is 0 Å². The van der Waals surface area contributed by atoms with Crippen LogP contribution in [0.4, 0.5) is 11.4 Å². The first-order valence-corrected chi connectivity index (χ1v) is 12.7. The molecule has 0 radical (unpaired) electrons. The lowest BCUT2D eigenvalue weighted by molar-refractivity contribution is 0.835. The molecule has 5 rings (SSSR count). The van der Waals surface area contributed by atoms with Crippen molar-refractivity contribution in [1.82, 2.24) is 0 Å². The Labute approximate surface area is 209 Å². The second-order valence-electron chi connectivity index (χ2n) is 10.5. The van der Waals surface area contributed by atoms with Gasteiger partial charge in [-0.15, -0.1) is 0 Å². The molecule has 0 fully saturated rings. The molecular formula is C33H34N2. The number of aryl methyl sites for hydroxylation is 3. The van der Waals surface area contributed by atoms with Crippen LogP contribution in [0.5, 0.6) is 0 Å². The normalized spacial score (nSPS) is 15.3. The molecule has 0 aliphatic heterocycles. The molecule has 0 heterocycles. The average molecular weight is 459 g/mol. The van der Waals surface area contributed by atoms with Crippen molar-refractivity contribution in [2.75, 3.05) is 0 Å². The van der Waals surface area contributed by atoms with Crippen LogP contribution in [0.25, 0.3) is 10.8 Å². The maximum absolute atomic E-state index is 5.48. The van der Waals surface area contributed by atoms with Crippen LogP contribution in [0.2, 0.25) is 0 Å². The minimum atomic E-state index is 0.384. The highest BCUT2D eigenvalue weighted by Gasteiger charge is 2.28. The highest BCUT2D eigenvalue weighted by molar-refractivity contribution is 6.61. The molecule has 4 aromatic rings. The molecule has 0 saturated heterocycles. The summed E-state index contributed by atoms with van der Waals surface area (Å²) >= 11 is 0. The van der Waals surface area contributed by atoms with Gasteiger partial charge in [-0.3, -0.25) is 0 Å². The summed E-state index contributed by atoms with van der Waals surface area (Å²) in [6.07, 6.45) is 0. The SMILES string of the molecule is Cc1cc(C)c(/N=C2/C(=N/c3c(C(C)C)cccc3C(C)C)c3cccc4cccc2c34)c(C)c1. The monoisotopic (exact) mass is 458 g/mol. The summed E-state index contributed by atoms with van der Waals surface area (Å²) in [7, 11) is 0. The molecule has 0 bridgehead atoms. The average Bonchev–Trinajstić information content (AvgIpc) is 3.10. The molecule has 0 atom stereocenters. The van der Waals surface area contributed by atoms with Gasteiger partial charge in [0.1, 0.15) is 0 Å². The highest BCUT2D eigenvalue weighted by atomic mass is 14.8. The second kappa shape index (κ2) is 8.92. The van der Waals surface area contributed by atoms with E-state index in [2.05, 4.69) is 115 Å². The van der Waals surface area contributed by atoms with Crippen molar-refractivity contribution in [3.05, 3.63) is 106 Å². The van der Waals surface area contributed by atoms with Crippen LogP contribution >= 0.6 is 0 Å². The van der Waals surface area contributed by atoms with Crippen molar-refractivity contribution in [1.29, 1.82) is 0 Å². The van der Waals surface area contributed by atoms with E-state index in [0.717, 1.165) is 22.8 Å². The zero-order valence-electron chi connectivity index (χ0n) is 21.9. The largest absolute Gasteiger partial charge is 0.246 e. The fourth-order valence-corrected chi connectivity index (χ4v) is 5.43. The van der Waals surface area contributed by atoms with Gasteiger partial charge in [-0.25, -0.2) is 9.98 Å². The third-order valence-electron chi connectivity index (χ3n) is 7.06. The molecule has 0 unspecified atom stereocenters. The Kier molecular flexibility index (Phi) is 5.92. The summed E-state index contributed by atoms with van der Waals surface area (Å²) in [5.74, 6) is 0.768. The summed E-state index contributed by atoms with van der Waals surface area (Å²) < 4.78 is 0. The molecule has 4 aromatic carbocycles. The van der Waals surface area contributed by atoms with Gasteiger partial charge < -0.3 is 0 Å². The van der Waals surface area contributed by atoms with E-state index in [0.29, 0.717) is 11.8 Å². The summed E-state index contributed by atoms with van der Waals surface area (Å²) in [4.78, 5) is 10.8. The van der Waals surface area contributed by atoms with E-state index in [4.69, 9.17) is 9.98 Å². The predicted molar refractivity (Wildman–Crippen MR) is 152 cm³/mol. The molecule has 0 N–H and O–H groups in total. The maximum Gasteiger partial charge on any atom is 0.0979 e. The number of hydrogen-bond acceptors (Lipinski definition) is 2. The summed E-state index contributed by atoms with van der Waals surface area (Å²) in [6, 6.07) is 24.1. The highest BCUT2D eigenvalue weighted by Crippen LogP contribution is 2.39. The molecule has 2 nitrogen and oxygen atoms in total. The lowest BCUT2D eigenvalue weighted by Crippen LogP contribution is -2.11. The first kappa shape index (κ1) is 23.2. The van der Waals surface area contributed by atoms with Crippen molar-refractivity contribution in [2.45, 2.75) is 60.3 Å². The van der Waals surface area contributed by atoms with Gasteiger partial charge in [-0.05, 0) is 60.2 Å². The van der Waals surface area contributed by atoms with Gasteiger partial charge in [0.2, 0.25) is 0 Å². The maximum atomic E-state index is 5.48. The smallest absolute Gasteiger partial charge is 0.0979 e. The minimum absolute atomic E-state index is 0.384. The van der Waals surface area contributed by atoms with E-state index >= 15 is 0 Å². The van der Waals surface area contributed by atoms with Gasteiger partial charge in [0, 0.05) is 16.5 Å². The third-order valence-corrected chi connectivity index (χ3v) is 7.06. The molecule has 0 spiro atoms. The van der Waals surface area contributed by atoms with E-state index in [1.165, 1.54) is 49.7 Å². The van der Waals surface area contributed by atoms with Crippen molar-refractivity contribution in [2.24, 2.45) is 9.98 Å². The summed E-state index contributed by atoms with van der Waals surface area (Å²) in [5.41, 5.74) is 12.7. The van der Waals surface area contributed by atoms with Gasteiger partial charge in [0.25, 0.3) is 0 Å². The number of nitrogens with zero attached hydrogens (tertiary/aromatic N) is 2. The molecule has 1 aliphatic rings. The Hall–Kier alpha value is -3.52. The van der Waals surface area contributed by atoms with E-state index in [1.54, 1.807) is 0 Å². The van der Waals surface area contributed by atoms with E-state index < -0.39 is 0 Å². The Morgan fingerprint density at radius 1 is 0.571 bits per heavy atom. The molecular weight excluding hydrogens is 424 g/mol. The second-order valence-corrected chi connectivity index (χ2v) is 10.5. The first-order chi connectivity index (χ1) is 16.8. The standard InChI is InChI=1S/C33H34N2/c1-19(2)25-13-10-14-26(20(3)4)31(25)35-33-28-16-9-12-24-11-8-15-27(29(24)28)32(33)34-30-22(6)17-21(5)18-23(30)7/h8-20H,1-7H3/b34-32+,35-33+. The molecule has 176 valence electrons. The fraction of sp³-hybridized carbons (Fsp3) is 0.273. The van der Waals surface area contributed by atoms with Gasteiger partial charge in [0.05, 0.1) is 22.8 Å². The molecule has 0 aromatic heterocycles. The van der Waals surface area contributed by atoms with Gasteiger partial charge >= 0.3 is 0 Å². The van der Waals surface area contributed by atoms with Gasteiger partial charge in [-0.2, -0.15) is 0 Å². The van der Waals surface area contributed by atoms with Crippen molar-refractivity contribution in [3.8, 4) is 0 Å². The van der Waals surface area contributed by atoms with Gasteiger partial charge in [-0.1, -0.05) is 100.0 Å². The molecule has 2 heteroatoms. The zero-order chi connectivity index (χ0) is 24.9. The number of benzene rings is 4. The number of aliphatic imine (C=N–C) groups is 2. The van der Waals surface area contributed by atoms with E-state index in [-0.39, 0.29) is 0 Å². The van der Waals surface area contributed by atoms with E-state index in [1.807, 2.05) is 0 Å². The van der Waals surface area contributed by atoms with Crippen LogP contribution in [-0.4, -0.2) is 11.4 Å². The van der Waals surface area contributed by atoms with Crippen LogP contribution in [0.1, 0.15) is 78.5 Å². The van der Waals surface area contributed by atoms with Crippen LogP contribution in [0.3, 0.4) is 0 Å². The lowest BCUT2D eigenvalue weighted by atomic mass is 9.92. The number of rotatable bonds is 4. The number of para-hydroxylation sites is 1. The van der Waals surface area contributed by atoms with E-state index in [9.17, 15) is 0 Å². The Balaban J connectivity index is 1.86. The summed E-state index contributed by atoms with van der Waals surface area (Å²) in [6.45, 7) is 15.5. The van der Waals surface area contributed by atoms with Crippen LogP contribution < -0.4 is 0 Å². The molecule has 1 aliphatic carbocycles. The third kappa shape index (κ3) is 4.01. The first-order valence-electron chi connectivity index (χ1n) is 12.7. The lowest BCUT2D eigenvalue weighted by Gasteiger charge is -2.17. The molecule has 0 saturated carbocycles. The minimum Gasteiger partial charge on any atom is -0.246 e.